The fourth-order valence-corrected chi connectivity index (χ4v) is 9.21. The van der Waals surface area contributed by atoms with Crippen molar-refractivity contribution in [1.82, 2.24) is 9.80 Å². The van der Waals surface area contributed by atoms with Gasteiger partial charge in [0.1, 0.15) is 23.6 Å². The average molecular weight is 639 g/mol. The van der Waals surface area contributed by atoms with Crippen molar-refractivity contribution in [1.29, 1.82) is 0 Å². The Morgan fingerprint density at radius 3 is 2.64 bits per heavy atom. The molecule has 8 rings (SSSR count). The summed E-state index contributed by atoms with van der Waals surface area (Å²) >= 11 is 0. The molecule has 1 spiro atoms. The highest BCUT2D eigenvalue weighted by atomic mass is 19.1. The highest BCUT2D eigenvalue weighted by molar-refractivity contribution is 5.77. The van der Waals surface area contributed by atoms with Gasteiger partial charge in [-0.05, 0) is 80.6 Å². The third-order valence-corrected chi connectivity index (χ3v) is 11.7. The maximum absolute atomic E-state index is 16.2. The molecule has 1 unspecified atom stereocenters. The Balaban J connectivity index is 1.04. The first-order chi connectivity index (χ1) is 22.8. The summed E-state index contributed by atoms with van der Waals surface area (Å²) in [6.45, 7) is 2.46. The number of esters is 1. The minimum absolute atomic E-state index is 0.235. The molecule has 7 nitrogen and oxygen atoms in total. The van der Waals surface area contributed by atoms with Crippen molar-refractivity contribution < 1.29 is 28.5 Å². The number of nitrogens with zero attached hydrogens (tertiary/aromatic N) is 2. The van der Waals surface area contributed by atoms with Crippen LogP contribution in [0.25, 0.3) is 0 Å². The number of aliphatic hydroxyl groups is 1. The first kappa shape index (κ1) is 30.6. The van der Waals surface area contributed by atoms with Gasteiger partial charge < -0.3 is 29.1 Å². The molecule has 2 aliphatic carbocycles. The molecule has 6 atom stereocenters. The number of carbonyl (C=O) groups excluding carboxylic acids is 1. The third-order valence-electron chi connectivity index (χ3n) is 11.7. The number of ether oxygens (including phenoxy) is 3. The maximum atomic E-state index is 16.2. The molecular weight excluding hydrogens is 595 g/mol. The molecule has 2 fully saturated rings. The van der Waals surface area contributed by atoms with Crippen LogP contribution in [0.1, 0.15) is 41.5 Å². The number of likely N-dealkylation sites (N-methyl/N-ethyl adjacent to an activating group) is 1. The SMILES string of the molecule is COc1cccc(C2(F)CCN(CC(Cc3ccccc3)C(=O)Oc3ccc4c5c3O[C@H]3[C@@H](O)C=C[C@H]6[C@@H](C4)N(C)CC[C@@]563)CC2)c1. The zero-order valence-corrected chi connectivity index (χ0v) is 27.1. The zero-order chi connectivity index (χ0) is 32.3. The average Bonchev–Trinajstić information content (AvgIpc) is 3.45. The van der Waals surface area contributed by atoms with Crippen molar-refractivity contribution in [3.8, 4) is 17.2 Å². The lowest BCUT2D eigenvalue weighted by molar-refractivity contribution is -0.140. The van der Waals surface area contributed by atoms with Gasteiger partial charge in [0.15, 0.2) is 11.5 Å². The van der Waals surface area contributed by atoms with E-state index in [4.69, 9.17) is 14.2 Å². The Labute approximate surface area is 275 Å². The highest BCUT2D eigenvalue weighted by Gasteiger charge is 2.64. The Kier molecular flexibility index (Phi) is 7.66. The first-order valence-electron chi connectivity index (χ1n) is 17.0. The molecular formula is C39H43FN2O5. The van der Waals surface area contributed by atoms with E-state index in [0.29, 0.717) is 67.8 Å². The van der Waals surface area contributed by atoms with Gasteiger partial charge in [-0.15, -0.1) is 0 Å². The number of hydrogen-bond donors (Lipinski definition) is 1. The topological polar surface area (TPSA) is 71.5 Å². The smallest absolute Gasteiger partial charge is 0.316 e. The van der Waals surface area contributed by atoms with Crippen molar-refractivity contribution in [3.63, 3.8) is 0 Å². The van der Waals surface area contributed by atoms with Gasteiger partial charge in [0, 0.05) is 42.6 Å². The monoisotopic (exact) mass is 638 g/mol. The minimum Gasteiger partial charge on any atom is -0.497 e. The number of carbonyl (C=O) groups is 1. The predicted molar refractivity (Wildman–Crippen MR) is 177 cm³/mol. The number of rotatable bonds is 8. The number of benzene rings is 3. The standard InChI is InChI=1S/C39H43FN2O5/c1-41-18-17-39-30-12-13-32(43)36(39)47-35-33(14-11-26(34(35)39)22-31(30)41)46-37(44)27(21-25-7-4-3-5-8-25)24-42-19-15-38(40,16-20-42)28-9-6-10-29(23-28)45-2/h3-14,23,27,30-32,36,43H,15-22,24H2,1-2H3/t27?,30-,31+,32-,36-,39-/m0/s1. The van der Waals surface area contributed by atoms with Crippen LogP contribution >= 0.6 is 0 Å². The molecule has 0 aromatic heterocycles. The molecule has 3 aliphatic heterocycles. The second-order valence-electron chi connectivity index (χ2n) is 14.2. The van der Waals surface area contributed by atoms with E-state index in [1.165, 1.54) is 5.56 Å². The van der Waals surface area contributed by atoms with Crippen LogP contribution in [0.5, 0.6) is 17.2 Å². The summed E-state index contributed by atoms with van der Waals surface area (Å²) in [5.41, 5.74) is 2.27. The molecule has 246 valence electrons. The fourth-order valence-electron chi connectivity index (χ4n) is 9.21. The van der Waals surface area contributed by atoms with Crippen molar-refractivity contribution >= 4 is 5.97 Å². The second-order valence-corrected chi connectivity index (χ2v) is 14.2. The Hall–Kier alpha value is -3.72. The van der Waals surface area contributed by atoms with E-state index in [1.54, 1.807) is 13.2 Å². The van der Waals surface area contributed by atoms with Gasteiger partial charge in [0.2, 0.25) is 0 Å². The summed E-state index contributed by atoms with van der Waals surface area (Å²) in [5, 5.41) is 11.1. The van der Waals surface area contributed by atoms with Gasteiger partial charge in [0.05, 0.1) is 13.0 Å². The van der Waals surface area contributed by atoms with Crippen molar-refractivity contribution in [2.75, 3.05) is 40.3 Å². The van der Waals surface area contributed by atoms with Crippen molar-refractivity contribution in [2.45, 2.75) is 61.4 Å². The van der Waals surface area contributed by atoms with E-state index < -0.39 is 23.8 Å². The number of aliphatic hydroxyl groups excluding tert-OH is 1. The van der Waals surface area contributed by atoms with Crippen molar-refractivity contribution in [3.05, 3.63) is 101 Å². The fraction of sp³-hybridized carbons (Fsp3) is 0.462. The van der Waals surface area contributed by atoms with Crippen LogP contribution in [0.4, 0.5) is 4.39 Å². The summed E-state index contributed by atoms with van der Waals surface area (Å²) in [4.78, 5) is 18.8. The highest BCUT2D eigenvalue weighted by Crippen LogP contribution is 2.62. The molecule has 1 N–H and O–H groups in total. The lowest BCUT2D eigenvalue weighted by Crippen LogP contribution is -2.64. The summed E-state index contributed by atoms with van der Waals surface area (Å²) in [6.07, 6.45) is 5.93. The number of likely N-dealkylation sites (tertiary alicyclic amines) is 2. The molecule has 0 radical (unpaired) electrons. The van der Waals surface area contributed by atoms with Crippen LogP contribution in [-0.2, 0) is 28.7 Å². The summed E-state index contributed by atoms with van der Waals surface area (Å²) in [6, 6.07) is 21.6. The zero-order valence-electron chi connectivity index (χ0n) is 27.1. The van der Waals surface area contributed by atoms with E-state index in [-0.39, 0.29) is 17.3 Å². The van der Waals surface area contributed by atoms with E-state index >= 15 is 4.39 Å². The van der Waals surface area contributed by atoms with Crippen LogP contribution in [0.2, 0.25) is 0 Å². The van der Waals surface area contributed by atoms with E-state index in [2.05, 4.69) is 29.0 Å². The molecule has 3 aromatic carbocycles. The molecule has 0 saturated carbocycles. The molecule has 2 saturated heterocycles. The largest absolute Gasteiger partial charge is 0.497 e. The summed E-state index contributed by atoms with van der Waals surface area (Å²) < 4.78 is 34.4. The minimum atomic E-state index is -1.44. The van der Waals surface area contributed by atoms with Crippen LogP contribution in [0, 0.1) is 11.8 Å². The van der Waals surface area contributed by atoms with Gasteiger partial charge in [-0.25, -0.2) is 4.39 Å². The quantitative estimate of drug-likeness (QED) is 0.206. The molecule has 5 aliphatic rings. The van der Waals surface area contributed by atoms with E-state index in [9.17, 15) is 9.90 Å². The normalized spacial score (nSPS) is 29.4. The molecule has 3 aromatic rings. The van der Waals surface area contributed by atoms with Gasteiger partial charge in [-0.3, -0.25) is 4.79 Å². The Morgan fingerprint density at radius 2 is 1.85 bits per heavy atom. The van der Waals surface area contributed by atoms with Crippen LogP contribution in [0.15, 0.2) is 78.9 Å². The Morgan fingerprint density at radius 1 is 1.04 bits per heavy atom. The maximum Gasteiger partial charge on any atom is 0.316 e. The number of piperidine rings is 2. The number of hydrogen-bond acceptors (Lipinski definition) is 7. The van der Waals surface area contributed by atoms with Gasteiger partial charge in [-0.1, -0.05) is 60.7 Å². The Bertz CT molecular complexity index is 1690. The summed E-state index contributed by atoms with van der Waals surface area (Å²) in [7, 11) is 3.78. The summed E-state index contributed by atoms with van der Waals surface area (Å²) in [5.74, 6) is 1.15. The van der Waals surface area contributed by atoms with Crippen LogP contribution in [-0.4, -0.2) is 79.5 Å². The van der Waals surface area contributed by atoms with E-state index in [1.807, 2.05) is 60.7 Å². The van der Waals surface area contributed by atoms with Crippen LogP contribution < -0.4 is 14.2 Å². The van der Waals surface area contributed by atoms with E-state index in [0.717, 1.165) is 30.5 Å². The lowest BCUT2D eigenvalue weighted by atomic mass is 9.53. The molecule has 47 heavy (non-hydrogen) atoms. The number of alkyl halides is 1. The second kappa shape index (κ2) is 11.8. The third kappa shape index (κ3) is 5.07. The molecule has 2 bridgehead atoms. The molecule has 3 heterocycles. The molecule has 0 amide bonds. The molecule has 8 heteroatoms. The van der Waals surface area contributed by atoms with Crippen molar-refractivity contribution in [2.24, 2.45) is 11.8 Å². The number of methoxy groups -OCH3 is 1. The van der Waals surface area contributed by atoms with Gasteiger partial charge >= 0.3 is 5.97 Å². The van der Waals surface area contributed by atoms with Gasteiger partial charge in [-0.2, -0.15) is 0 Å². The first-order valence-corrected chi connectivity index (χ1v) is 17.0. The lowest BCUT2D eigenvalue weighted by Gasteiger charge is -2.56. The van der Waals surface area contributed by atoms with Gasteiger partial charge in [0.25, 0.3) is 0 Å². The van der Waals surface area contributed by atoms with Crippen LogP contribution in [0.3, 0.4) is 0 Å². The predicted octanol–water partition coefficient (Wildman–Crippen LogP) is 5.23. The number of halogens is 1.